The molecule has 1 saturated heterocycles. The number of aryl methyl sites for hydroxylation is 2. The predicted octanol–water partition coefficient (Wildman–Crippen LogP) is 2.73. The van der Waals surface area contributed by atoms with E-state index in [1.165, 1.54) is 11.1 Å². The van der Waals surface area contributed by atoms with Crippen LogP contribution in [-0.4, -0.2) is 56.9 Å². The molecule has 0 atom stereocenters. The summed E-state index contributed by atoms with van der Waals surface area (Å²) in [6.07, 6.45) is 2.38. The number of methoxy groups -OCH3 is 1. The molecule has 1 fully saturated rings. The molecule has 0 N–H and O–H groups in total. The van der Waals surface area contributed by atoms with E-state index in [1.807, 2.05) is 11.0 Å². The standard InChI is InChI=1S/C19H29NO4/c1-15-4-5-18(14-16(15)2)24-17-6-9-20(10-7-17)19(21)8-11-23-13-12-22-3/h4-5,14,17H,6-13H2,1-3H3. The molecule has 0 radical (unpaired) electrons. The number of ether oxygens (including phenoxy) is 3. The first-order valence-corrected chi connectivity index (χ1v) is 8.68. The SMILES string of the molecule is COCCOCCC(=O)N1CCC(Oc2ccc(C)c(C)c2)CC1. The number of amides is 1. The fourth-order valence-corrected chi connectivity index (χ4v) is 2.76. The zero-order valence-electron chi connectivity index (χ0n) is 15.0. The van der Waals surface area contributed by atoms with Gasteiger partial charge in [-0.15, -0.1) is 0 Å². The van der Waals surface area contributed by atoms with Crippen LogP contribution in [0.25, 0.3) is 0 Å². The molecule has 1 aliphatic heterocycles. The fraction of sp³-hybridized carbons (Fsp3) is 0.632. The summed E-state index contributed by atoms with van der Waals surface area (Å²) >= 11 is 0. The maximum absolute atomic E-state index is 12.2. The quantitative estimate of drug-likeness (QED) is 0.686. The highest BCUT2D eigenvalue weighted by atomic mass is 16.5. The monoisotopic (exact) mass is 335 g/mol. The Labute approximate surface area is 144 Å². The van der Waals surface area contributed by atoms with Crippen LogP contribution in [0.2, 0.25) is 0 Å². The summed E-state index contributed by atoms with van der Waals surface area (Å²) in [5.74, 6) is 1.09. The van der Waals surface area contributed by atoms with E-state index in [0.29, 0.717) is 26.2 Å². The van der Waals surface area contributed by atoms with Crippen molar-refractivity contribution in [3.05, 3.63) is 29.3 Å². The van der Waals surface area contributed by atoms with Crippen LogP contribution in [-0.2, 0) is 14.3 Å². The van der Waals surface area contributed by atoms with Crippen molar-refractivity contribution >= 4 is 5.91 Å². The van der Waals surface area contributed by atoms with E-state index in [-0.39, 0.29) is 12.0 Å². The van der Waals surface area contributed by atoms with Crippen LogP contribution in [0.3, 0.4) is 0 Å². The largest absolute Gasteiger partial charge is 0.490 e. The minimum atomic E-state index is 0.164. The number of hydrogen-bond acceptors (Lipinski definition) is 4. The first-order chi connectivity index (χ1) is 11.6. The van der Waals surface area contributed by atoms with E-state index in [2.05, 4.69) is 26.0 Å². The van der Waals surface area contributed by atoms with Crippen LogP contribution in [0.15, 0.2) is 18.2 Å². The van der Waals surface area contributed by atoms with Gasteiger partial charge in [-0.1, -0.05) is 6.07 Å². The van der Waals surface area contributed by atoms with Crippen LogP contribution < -0.4 is 4.74 Å². The van der Waals surface area contributed by atoms with Gasteiger partial charge in [0.25, 0.3) is 0 Å². The molecule has 0 spiro atoms. The van der Waals surface area contributed by atoms with Gasteiger partial charge in [0.15, 0.2) is 0 Å². The second-order valence-corrected chi connectivity index (χ2v) is 6.30. The molecule has 1 amide bonds. The Kier molecular flexibility index (Phi) is 7.53. The van der Waals surface area contributed by atoms with E-state index in [0.717, 1.165) is 31.7 Å². The van der Waals surface area contributed by atoms with Crippen molar-refractivity contribution in [1.29, 1.82) is 0 Å². The summed E-state index contributed by atoms with van der Waals surface area (Å²) < 4.78 is 16.3. The molecule has 0 aliphatic carbocycles. The molecular weight excluding hydrogens is 306 g/mol. The summed E-state index contributed by atoms with van der Waals surface area (Å²) in [7, 11) is 1.64. The van der Waals surface area contributed by atoms with Gasteiger partial charge in [-0.3, -0.25) is 4.79 Å². The number of hydrogen-bond donors (Lipinski definition) is 0. The molecule has 1 aliphatic rings. The van der Waals surface area contributed by atoms with Gasteiger partial charge in [-0.2, -0.15) is 0 Å². The van der Waals surface area contributed by atoms with E-state index < -0.39 is 0 Å². The Morgan fingerprint density at radius 1 is 1.12 bits per heavy atom. The minimum absolute atomic E-state index is 0.164. The fourth-order valence-electron chi connectivity index (χ4n) is 2.76. The molecule has 5 heteroatoms. The van der Waals surface area contributed by atoms with Gasteiger partial charge in [0.2, 0.25) is 5.91 Å². The second-order valence-electron chi connectivity index (χ2n) is 6.30. The van der Waals surface area contributed by atoms with Crippen LogP contribution >= 0.6 is 0 Å². The zero-order chi connectivity index (χ0) is 17.4. The van der Waals surface area contributed by atoms with E-state index >= 15 is 0 Å². The van der Waals surface area contributed by atoms with Gasteiger partial charge >= 0.3 is 0 Å². The predicted molar refractivity (Wildman–Crippen MR) is 93.5 cm³/mol. The maximum Gasteiger partial charge on any atom is 0.224 e. The van der Waals surface area contributed by atoms with Crippen molar-refractivity contribution in [2.45, 2.75) is 39.2 Å². The number of benzene rings is 1. The molecule has 2 rings (SSSR count). The summed E-state index contributed by atoms with van der Waals surface area (Å²) in [5.41, 5.74) is 2.52. The molecule has 1 aromatic carbocycles. The number of carbonyl (C=O) groups is 1. The highest BCUT2D eigenvalue weighted by Gasteiger charge is 2.23. The Morgan fingerprint density at radius 3 is 2.54 bits per heavy atom. The average molecular weight is 335 g/mol. The zero-order valence-corrected chi connectivity index (χ0v) is 15.0. The molecule has 1 aromatic rings. The lowest BCUT2D eigenvalue weighted by atomic mass is 10.1. The van der Waals surface area contributed by atoms with Gasteiger partial charge in [-0.05, 0) is 37.1 Å². The van der Waals surface area contributed by atoms with E-state index in [4.69, 9.17) is 14.2 Å². The van der Waals surface area contributed by atoms with E-state index in [9.17, 15) is 4.79 Å². The topological polar surface area (TPSA) is 48.0 Å². The third-order valence-electron chi connectivity index (χ3n) is 4.47. The molecule has 0 unspecified atom stereocenters. The first kappa shape index (κ1) is 18.7. The molecular formula is C19H29NO4. The summed E-state index contributed by atoms with van der Waals surface area (Å²) in [5, 5.41) is 0. The third-order valence-corrected chi connectivity index (χ3v) is 4.47. The maximum atomic E-state index is 12.2. The Balaban J connectivity index is 1.69. The normalized spacial score (nSPS) is 15.5. The molecule has 5 nitrogen and oxygen atoms in total. The van der Waals surface area contributed by atoms with Crippen LogP contribution in [0.4, 0.5) is 0 Å². The van der Waals surface area contributed by atoms with Crippen molar-refractivity contribution in [1.82, 2.24) is 4.90 Å². The van der Waals surface area contributed by atoms with Crippen LogP contribution in [0.1, 0.15) is 30.4 Å². The lowest BCUT2D eigenvalue weighted by Crippen LogP contribution is -2.42. The number of likely N-dealkylation sites (tertiary alicyclic amines) is 1. The number of piperidine rings is 1. The van der Waals surface area contributed by atoms with Gasteiger partial charge in [-0.25, -0.2) is 0 Å². The van der Waals surface area contributed by atoms with Gasteiger partial charge in [0.1, 0.15) is 11.9 Å². The molecule has 134 valence electrons. The highest BCUT2D eigenvalue weighted by molar-refractivity contribution is 5.76. The molecule has 24 heavy (non-hydrogen) atoms. The smallest absolute Gasteiger partial charge is 0.224 e. The summed E-state index contributed by atoms with van der Waals surface area (Å²) in [6, 6.07) is 6.20. The van der Waals surface area contributed by atoms with Gasteiger partial charge in [0.05, 0.1) is 26.2 Å². The van der Waals surface area contributed by atoms with Crippen molar-refractivity contribution in [2.24, 2.45) is 0 Å². The second kappa shape index (κ2) is 9.64. The third kappa shape index (κ3) is 5.80. The lowest BCUT2D eigenvalue weighted by Gasteiger charge is -2.32. The summed E-state index contributed by atoms with van der Waals surface area (Å²) in [6.45, 7) is 7.27. The number of rotatable bonds is 8. The molecule has 0 aromatic heterocycles. The van der Waals surface area contributed by atoms with Crippen molar-refractivity contribution < 1.29 is 19.0 Å². The average Bonchev–Trinajstić information content (AvgIpc) is 2.58. The summed E-state index contributed by atoms with van der Waals surface area (Å²) in [4.78, 5) is 14.1. The van der Waals surface area contributed by atoms with Gasteiger partial charge in [0, 0.05) is 33.0 Å². The molecule has 0 saturated carbocycles. The van der Waals surface area contributed by atoms with E-state index in [1.54, 1.807) is 7.11 Å². The van der Waals surface area contributed by atoms with Gasteiger partial charge < -0.3 is 19.1 Å². The molecule has 1 heterocycles. The number of nitrogens with zero attached hydrogens (tertiary/aromatic N) is 1. The van der Waals surface area contributed by atoms with Crippen molar-refractivity contribution in [3.8, 4) is 5.75 Å². The van der Waals surface area contributed by atoms with Crippen molar-refractivity contribution in [2.75, 3.05) is 40.0 Å². The first-order valence-electron chi connectivity index (χ1n) is 8.68. The Bertz CT molecular complexity index is 524. The number of carbonyl (C=O) groups excluding carboxylic acids is 1. The Hall–Kier alpha value is -1.59. The van der Waals surface area contributed by atoms with Crippen LogP contribution in [0, 0.1) is 13.8 Å². The molecule has 0 bridgehead atoms. The highest BCUT2D eigenvalue weighted by Crippen LogP contribution is 2.22. The van der Waals surface area contributed by atoms with Crippen molar-refractivity contribution in [3.63, 3.8) is 0 Å². The van der Waals surface area contributed by atoms with Crippen LogP contribution in [0.5, 0.6) is 5.75 Å². The minimum Gasteiger partial charge on any atom is -0.490 e. The Morgan fingerprint density at radius 2 is 1.88 bits per heavy atom. The lowest BCUT2D eigenvalue weighted by molar-refractivity contribution is -0.134.